The number of anilines is 1. The summed E-state index contributed by atoms with van der Waals surface area (Å²) in [6, 6.07) is 7.03. The number of amides is 2. The van der Waals surface area contributed by atoms with Crippen LogP contribution in [0.15, 0.2) is 29.4 Å². The van der Waals surface area contributed by atoms with Crippen LogP contribution in [0.25, 0.3) is 0 Å². The molecule has 1 fully saturated rings. The zero-order valence-corrected chi connectivity index (χ0v) is 19.6. The van der Waals surface area contributed by atoms with Gasteiger partial charge in [0.2, 0.25) is 5.91 Å². The van der Waals surface area contributed by atoms with E-state index in [0.717, 1.165) is 29.7 Å². The molecule has 8 nitrogen and oxygen atoms in total. The molecular formula is C22H33N2O6P. The van der Waals surface area contributed by atoms with Gasteiger partial charge in [0.15, 0.2) is 5.71 Å². The number of hydrogen-bond donors (Lipinski definition) is 1. The summed E-state index contributed by atoms with van der Waals surface area (Å²) >= 11 is 0. The molecule has 0 aliphatic heterocycles. The van der Waals surface area contributed by atoms with E-state index < -0.39 is 25.8 Å². The summed E-state index contributed by atoms with van der Waals surface area (Å²) in [7, 11) is -2.94. The van der Waals surface area contributed by atoms with Crippen molar-refractivity contribution in [1.82, 2.24) is 0 Å². The molecule has 2 unspecified atom stereocenters. The van der Waals surface area contributed by atoms with E-state index in [9.17, 15) is 19.0 Å². The second-order valence-electron chi connectivity index (χ2n) is 7.99. The lowest BCUT2D eigenvalue weighted by Crippen LogP contribution is -2.46. The van der Waals surface area contributed by atoms with Crippen LogP contribution in [0.4, 0.5) is 5.69 Å². The highest BCUT2D eigenvalue weighted by Crippen LogP contribution is 2.44. The van der Waals surface area contributed by atoms with Gasteiger partial charge in [-0.3, -0.25) is 14.2 Å². The number of benzene rings is 1. The van der Waals surface area contributed by atoms with Crippen LogP contribution >= 0.6 is 7.60 Å². The Morgan fingerprint density at radius 3 is 2.55 bits per heavy atom. The van der Waals surface area contributed by atoms with Gasteiger partial charge < -0.3 is 14.3 Å². The summed E-state index contributed by atoms with van der Waals surface area (Å²) in [4.78, 5) is 43.0. The molecule has 1 aromatic rings. The van der Waals surface area contributed by atoms with E-state index in [1.165, 1.54) is 7.11 Å². The molecule has 1 aromatic carbocycles. The van der Waals surface area contributed by atoms with Crippen molar-refractivity contribution in [2.24, 2.45) is 11.1 Å². The van der Waals surface area contributed by atoms with E-state index in [0.29, 0.717) is 24.9 Å². The first-order chi connectivity index (χ1) is 14.7. The molecule has 172 valence electrons. The minimum absolute atomic E-state index is 0.278. The molecule has 1 aliphatic rings. The average molecular weight is 452 g/mol. The van der Waals surface area contributed by atoms with E-state index in [1.807, 2.05) is 19.9 Å². The summed E-state index contributed by atoms with van der Waals surface area (Å²) < 4.78 is 17.8. The number of aryl methyl sites for hydroxylation is 1. The highest BCUT2D eigenvalue weighted by Gasteiger charge is 2.37. The molecule has 0 bridgehead atoms. The third-order valence-corrected chi connectivity index (χ3v) is 6.74. The van der Waals surface area contributed by atoms with Crippen LogP contribution in [0.5, 0.6) is 0 Å². The lowest BCUT2D eigenvalue weighted by atomic mass is 9.88. The maximum Gasteiger partial charge on any atom is 0.334 e. The zero-order chi connectivity index (χ0) is 23.0. The van der Waals surface area contributed by atoms with E-state index in [4.69, 9.17) is 9.36 Å². The molecule has 31 heavy (non-hydrogen) atoms. The Balaban J connectivity index is 2.39. The molecular weight excluding hydrogens is 419 g/mol. The monoisotopic (exact) mass is 452 g/mol. The molecule has 0 radical (unpaired) electrons. The number of imide groups is 1. The van der Waals surface area contributed by atoms with Crippen LogP contribution in [0.1, 0.15) is 57.9 Å². The third kappa shape index (κ3) is 7.27. The van der Waals surface area contributed by atoms with Crippen molar-refractivity contribution in [3.05, 3.63) is 29.8 Å². The van der Waals surface area contributed by atoms with E-state index in [2.05, 4.69) is 5.16 Å². The van der Waals surface area contributed by atoms with Crippen LogP contribution in [0, 0.1) is 12.8 Å². The topological polar surface area (TPSA) is 106 Å². The van der Waals surface area contributed by atoms with Crippen molar-refractivity contribution in [1.29, 1.82) is 0 Å². The molecule has 0 aromatic heterocycles. The number of hydrogen-bond acceptors (Lipinski definition) is 6. The van der Waals surface area contributed by atoms with Gasteiger partial charge in [-0.2, -0.15) is 0 Å². The summed E-state index contributed by atoms with van der Waals surface area (Å²) in [5, 5.41) is 3.70. The summed E-state index contributed by atoms with van der Waals surface area (Å²) in [5.41, 5.74) is 0.951. The molecule has 2 rings (SSSR count). The van der Waals surface area contributed by atoms with Gasteiger partial charge in [-0.25, -0.2) is 4.90 Å². The Kier molecular flexibility index (Phi) is 9.41. The highest BCUT2D eigenvalue weighted by molar-refractivity contribution is 7.54. The fourth-order valence-corrected chi connectivity index (χ4v) is 4.96. The van der Waals surface area contributed by atoms with Gasteiger partial charge in [0.1, 0.15) is 13.3 Å². The van der Waals surface area contributed by atoms with Crippen molar-refractivity contribution < 1.29 is 28.4 Å². The Morgan fingerprint density at radius 1 is 1.29 bits per heavy atom. The van der Waals surface area contributed by atoms with Crippen LogP contribution in [-0.2, 0) is 23.5 Å². The Hall–Kier alpha value is -2.02. The summed E-state index contributed by atoms with van der Waals surface area (Å²) in [6.45, 7) is 5.36. The third-order valence-electron chi connectivity index (χ3n) is 5.36. The molecule has 0 heterocycles. The molecule has 0 saturated heterocycles. The van der Waals surface area contributed by atoms with Crippen LogP contribution < -0.4 is 4.90 Å². The molecule has 2 amide bonds. The number of carbonyl (C=O) groups excluding carboxylic acids is 2. The van der Waals surface area contributed by atoms with Gasteiger partial charge >= 0.3 is 7.60 Å². The van der Waals surface area contributed by atoms with Gasteiger partial charge in [0.25, 0.3) is 5.91 Å². The highest BCUT2D eigenvalue weighted by atomic mass is 31.2. The van der Waals surface area contributed by atoms with Gasteiger partial charge in [0, 0.05) is 5.92 Å². The van der Waals surface area contributed by atoms with Crippen molar-refractivity contribution in [3.8, 4) is 0 Å². The first-order valence-corrected chi connectivity index (χ1v) is 12.5. The SMILES string of the molecule is CCC(C)OP(=O)(O)CC(=NOC)C(=O)N(C(=O)C1CCCCC1)c1cccc(C)c1. The fourth-order valence-electron chi connectivity index (χ4n) is 3.60. The zero-order valence-electron chi connectivity index (χ0n) is 18.7. The van der Waals surface area contributed by atoms with Crippen molar-refractivity contribution in [2.75, 3.05) is 18.2 Å². The molecule has 2 atom stereocenters. The normalized spacial score (nSPS) is 18.2. The molecule has 1 saturated carbocycles. The largest absolute Gasteiger partial charge is 0.399 e. The Morgan fingerprint density at radius 2 is 1.97 bits per heavy atom. The molecule has 9 heteroatoms. The first-order valence-electron chi connectivity index (χ1n) is 10.7. The van der Waals surface area contributed by atoms with Crippen LogP contribution in [-0.4, -0.2) is 41.8 Å². The minimum atomic E-state index is -4.18. The molecule has 1 N–H and O–H groups in total. The van der Waals surface area contributed by atoms with E-state index >= 15 is 0 Å². The van der Waals surface area contributed by atoms with Gasteiger partial charge in [-0.1, -0.05) is 43.5 Å². The molecule has 1 aliphatic carbocycles. The van der Waals surface area contributed by atoms with Crippen molar-refractivity contribution in [2.45, 2.75) is 65.4 Å². The minimum Gasteiger partial charge on any atom is -0.399 e. The number of nitrogens with zero attached hydrogens (tertiary/aromatic N) is 2. The lowest BCUT2D eigenvalue weighted by Gasteiger charge is -2.28. The number of oxime groups is 1. The molecule has 0 spiro atoms. The average Bonchev–Trinajstić information content (AvgIpc) is 2.73. The van der Waals surface area contributed by atoms with Crippen molar-refractivity contribution >= 4 is 30.8 Å². The smallest absolute Gasteiger partial charge is 0.334 e. The second-order valence-corrected chi connectivity index (χ2v) is 9.80. The Labute approximate surface area is 184 Å². The van der Waals surface area contributed by atoms with Crippen molar-refractivity contribution in [3.63, 3.8) is 0 Å². The van der Waals surface area contributed by atoms with Gasteiger partial charge in [-0.05, 0) is 50.8 Å². The number of rotatable bonds is 9. The quantitative estimate of drug-likeness (QED) is 0.337. The summed E-state index contributed by atoms with van der Waals surface area (Å²) in [6.07, 6.45) is 3.77. The van der Waals surface area contributed by atoms with Gasteiger partial charge in [0.05, 0.1) is 11.8 Å². The maximum absolute atomic E-state index is 13.5. The van der Waals surface area contributed by atoms with E-state index in [1.54, 1.807) is 25.1 Å². The summed E-state index contributed by atoms with van der Waals surface area (Å²) in [5.74, 6) is -1.38. The predicted molar refractivity (Wildman–Crippen MR) is 120 cm³/mol. The van der Waals surface area contributed by atoms with Crippen LogP contribution in [0.3, 0.4) is 0 Å². The maximum atomic E-state index is 13.5. The number of carbonyl (C=O) groups is 2. The predicted octanol–water partition coefficient (Wildman–Crippen LogP) is 4.44. The van der Waals surface area contributed by atoms with Gasteiger partial charge in [-0.15, -0.1) is 0 Å². The second kappa shape index (κ2) is 11.6. The fraction of sp³-hybridized carbons (Fsp3) is 0.591. The Bertz CT molecular complexity index is 850. The van der Waals surface area contributed by atoms with Crippen LogP contribution in [0.2, 0.25) is 0 Å². The lowest BCUT2D eigenvalue weighted by molar-refractivity contribution is -0.127. The first kappa shape index (κ1) is 25.2. The standard InChI is InChI=1S/C22H33N2O6P/c1-5-17(3)30-31(27,28)15-20(23-29-4)22(26)24(19-13-9-10-16(2)14-19)21(25)18-11-7-6-8-12-18/h9-10,13-14,17-18H,5-8,11-12,15H2,1-4H3,(H,27,28). The van der Waals surface area contributed by atoms with E-state index in [-0.39, 0.29) is 17.5 Å².